The summed E-state index contributed by atoms with van der Waals surface area (Å²) in [5, 5.41) is 21.5. The van der Waals surface area contributed by atoms with Crippen LogP contribution in [-0.2, 0) is 4.79 Å². The molecule has 4 heterocycles. The maximum absolute atomic E-state index is 10.8. The lowest BCUT2D eigenvalue weighted by atomic mass is 10.2. The van der Waals surface area contributed by atoms with E-state index < -0.39 is 5.97 Å². The van der Waals surface area contributed by atoms with Gasteiger partial charge in [-0.05, 0) is 12.1 Å². The molecule has 0 atom stereocenters. The van der Waals surface area contributed by atoms with E-state index in [-0.39, 0.29) is 12.2 Å². The van der Waals surface area contributed by atoms with Crippen LogP contribution in [-0.4, -0.2) is 55.8 Å². The molecule has 31 heavy (non-hydrogen) atoms. The van der Waals surface area contributed by atoms with Crippen LogP contribution in [0.3, 0.4) is 0 Å². The zero-order valence-electron chi connectivity index (χ0n) is 15.9. The number of pyridine rings is 1. The first kappa shape index (κ1) is 22.1. The predicted octanol–water partition coefficient (Wildman–Crippen LogP) is 3.46. The molecule has 0 aliphatic heterocycles. The molecule has 0 radical (unpaired) electrons. The molecule has 4 rings (SSSR count). The Morgan fingerprint density at radius 1 is 1.10 bits per heavy atom. The van der Waals surface area contributed by atoms with Crippen molar-refractivity contribution in [2.45, 2.75) is 6.42 Å². The average Bonchev–Trinajstić information content (AvgIpc) is 3.44. The number of ether oxygens (including phenoxy) is 2. The van der Waals surface area contributed by atoms with Gasteiger partial charge in [0.25, 0.3) is 6.47 Å². The summed E-state index contributed by atoms with van der Waals surface area (Å²) in [6, 6.07) is 2.99. The second-order valence-electron chi connectivity index (χ2n) is 5.69. The first-order chi connectivity index (χ1) is 15.1. The lowest BCUT2D eigenvalue weighted by molar-refractivity contribution is -0.122. The van der Waals surface area contributed by atoms with Gasteiger partial charge >= 0.3 is 5.97 Å². The fourth-order valence-corrected chi connectivity index (χ4v) is 4.10. The third-order valence-corrected chi connectivity index (χ3v) is 5.44. The van der Waals surface area contributed by atoms with Crippen molar-refractivity contribution in [2.75, 3.05) is 13.2 Å². The summed E-state index contributed by atoms with van der Waals surface area (Å²) in [6.45, 7) is 0.575. The van der Waals surface area contributed by atoms with Gasteiger partial charge in [-0.1, -0.05) is 0 Å². The van der Waals surface area contributed by atoms with Gasteiger partial charge in [0.1, 0.15) is 27.6 Å². The number of aromatic carboxylic acids is 1. The summed E-state index contributed by atoms with van der Waals surface area (Å²) >= 11 is 3.09. The highest BCUT2D eigenvalue weighted by molar-refractivity contribution is 7.18. The Morgan fingerprint density at radius 2 is 1.90 bits per heavy atom. The number of thiazole rings is 1. The second kappa shape index (κ2) is 10.9. The number of thiophene rings is 1. The molecule has 0 aliphatic rings. The molecule has 0 amide bonds. The van der Waals surface area contributed by atoms with E-state index in [2.05, 4.69) is 19.9 Å². The third kappa shape index (κ3) is 5.71. The fraction of sp³-hybridized carbons (Fsp3) is 0.158. The summed E-state index contributed by atoms with van der Waals surface area (Å²) in [5.74, 6) is -0.0242. The molecule has 0 bridgehead atoms. The normalized spacial score (nSPS) is 10.2. The van der Waals surface area contributed by atoms with Crippen molar-refractivity contribution in [3.63, 3.8) is 0 Å². The Bertz CT molecular complexity index is 1130. The van der Waals surface area contributed by atoms with Crippen molar-refractivity contribution in [1.82, 2.24) is 19.9 Å². The van der Waals surface area contributed by atoms with E-state index in [1.54, 1.807) is 23.6 Å². The van der Waals surface area contributed by atoms with Gasteiger partial charge in [0.15, 0.2) is 0 Å². The van der Waals surface area contributed by atoms with Crippen LogP contribution < -0.4 is 9.47 Å². The van der Waals surface area contributed by atoms with Crippen molar-refractivity contribution in [2.24, 2.45) is 0 Å². The highest BCUT2D eigenvalue weighted by Crippen LogP contribution is 2.38. The summed E-state index contributed by atoms with van der Waals surface area (Å²) in [5.41, 5.74) is 0.960. The number of carboxylic acid groups (broad SMARTS) is 2. The van der Waals surface area contributed by atoms with Crippen molar-refractivity contribution in [3.05, 3.63) is 47.3 Å². The molecule has 0 saturated carbocycles. The first-order valence-electron chi connectivity index (χ1n) is 8.79. The SMILES string of the molecule is O=C(O)c1ccc(OCCCOc2ncnc3scc(-c4nccs4)c23)cn1.O=CO. The molecule has 4 aromatic heterocycles. The number of carbonyl (C=O) groups is 2. The lowest BCUT2D eigenvalue weighted by Gasteiger charge is -2.08. The molecular weight excluding hydrogens is 444 g/mol. The molecule has 0 aliphatic carbocycles. The molecule has 0 unspecified atom stereocenters. The van der Waals surface area contributed by atoms with Crippen LogP contribution in [0.15, 0.2) is 41.6 Å². The lowest BCUT2D eigenvalue weighted by Crippen LogP contribution is -2.07. The first-order valence-corrected chi connectivity index (χ1v) is 10.5. The summed E-state index contributed by atoms with van der Waals surface area (Å²) < 4.78 is 11.4. The largest absolute Gasteiger partial charge is 0.492 e. The van der Waals surface area contributed by atoms with Crippen LogP contribution in [0.2, 0.25) is 0 Å². The Labute approximate surface area is 183 Å². The molecule has 2 N–H and O–H groups in total. The van der Waals surface area contributed by atoms with Crippen LogP contribution in [0.25, 0.3) is 20.8 Å². The summed E-state index contributed by atoms with van der Waals surface area (Å²) in [4.78, 5) is 36.8. The number of hydrogen-bond acceptors (Lipinski definition) is 10. The molecule has 12 heteroatoms. The third-order valence-electron chi connectivity index (χ3n) is 3.75. The van der Waals surface area contributed by atoms with Crippen LogP contribution in [0.5, 0.6) is 11.6 Å². The van der Waals surface area contributed by atoms with E-state index in [9.17, 15) is 4.79 Å². The minimum atomic E-state index is -1.07. The predicted molar refractivity (Wildman–Crippen MR) is 114 cm³/mol. The van der Waals surface area contributed by atoms with Crippen LogP contribution in [0, 0.1) is 0 Å². The van der Waals surface area contributed by atoms with Crippen LogP contribution in [0.4, 0.5) is 0 Å². The molecule has 0 aromatic carbocycles. The van der Waals surface area contributed by atoms with E-state index in [0.29, 0.717) is 31.3 Å². The van der Waals surface area contributed by atoms with E-state index >= 15 is 0 Å². The van der Waals surface area contributed by atoms with Crippen LogP contribution >= 0.6 is 22.7 Å². The zero-order chi connectivity index (χ0) is 22.1. The molecule has 0 fully saturated rings. The molecule has 4 aromatic rings. The summed E-state index contributed by atoms with van der Waals surface area (Å²) in [7, 11) is 0. The van der Waals surface area contributed by atoms with Gasteiger partial charge in [0.05, 0.1) is 24.8 Å². The quantitative estimate of drug-likeness (QED) is 0.296. The Kier molecular flexibility index (Phi) is 7.79. The fourth-order valence-electron chi connectivity index (χ4n) is 2.48. The topological polar surface area (TPSA) is 145 Å². The van der Waals surface area contributed by atoms with Gasteiger partial charge in [0.2, 0.25) is 5.88 Å². The number of carboxylic acids is 1. The molecule has 160 valence electrons. The Balaban J connectivity index is 0.000000858. The van der Waals surface area contributed by atoms with E-state index in [4.69, 9.17) is 24.5 Å². The Hall–Kier alpha value is -3.64. The van der Waals surface area contributed by atoms with Crippen molar-refractivity contribution < 1.29 is 29.3 Å². The molecule has 0 spiro atoms. The van der Waals surface area contributed by atoms with Crippen molar-refractivity contribution >= 4 is 45.3 Å². The number of hydrogen-bond donors (Lipinski definition) is 2. The molecular formula is C19H16N4O6S2. The monoisotopic (exact) mass is 460 g/mol. The maximum atomic E-state index is 10.8. The maximum Gasteiger partial charge on any atom is 0.354 e. The van der Waals surface area contributed by atoms with Gasteiger partial charge in [-0.3, -0.25) is 4.79 Å². The highest BCUT2D eigenvalue weighted by atomic mass is 32.1. The zero-order valence-corrected chi connectivity index (χ0v) is 17.5. The second-order valence-corrected chi connectivity index (χ2v) is 7.44. The Morgan fingerprint density at radius 3 is 2.58 bits per heavy atom. The van der Waals surface area contributed by atoms with Gasteiger partial charge in [-0.15, -0.1) is 22.7 Å². The minimum Gasteiger partial charge on any atom is -0.492 e. The summed E-state index contributed by atoms with van der Waals surface area (Å²) in [6.07, 6.45) is 5.28. The van der Waals surface area contributed by atoms with E-state index in [1.165, 1.54) is 29.9 Å². The standard InChI is InChI=1S/C18H14N4O4S2.CH2O2/c23-18(24)13-3-2-11(8-20-13)25-5-1-6-26-15-14-12(16-19-4-7-27-16)9-28-17(14)22-10-21-15;2-1-3/h2-4,7-10H,1,5-6H2,(H,23,24);1H,(H,2,3). The minimum absolute atomic E-state index is 0.0183. The number of rotatable bonds is 8. The van der Waals surface area contributed by atoms with Crippen molar-refractivity contribution in [1.29, 1.82) is 0 Å². The van der Waals surface area contributed by atoms with Gasteiger partial charge in [0, 0.05) is 28.9 Å². The highest BCUT2D eigenvalue weighted by Gasteiger charge is 2.15. The van der Waals surface area contributed by atoms with E-state index in [1.807, 2.05) is 10.8 Å². The molecule has 0 saturated heterocycles. The number of nitrogens with zero attached hydrogens (tertiary/aromatic N) is 4. The van der Waals surface area contributed by atoms with E-state index in [0.717, 1.165) is 20.8 Å². The van der Waals surface area contributed by atoms with Gasteiger partial charge in [-0.25, -0.2) is 24.7 Å². The van der Waals surface area contributed by atoms with Gasteiger partial charge in [-0.2, -0.15) is 0 Å². The number of fused-ring (bicyclic) bond motifs is 1. The number of aromatic nitrogens is 4. The smallest absolute Gasteiger partial charge is 0.354 e. The van der Waals surface area contributed by atoms with Crippen LogP contribution in [0.1, 0.15) is 16.9 Å². The molecule has 10 nitrogen and oxygen atoms in total. The average molecular weight is 460 g/mol. The van der Waals surface area contributed by atoms with Crippen molar-refractivity contribution in [3.8, 4) is 22.2 Å². The van der Waals surface area contributed by atoms with Gasteiger partial charge < -0.3 is 19.7 Å².